The molecule has 0 bridgehead atoms. The van der Waals surface area contributed by atoms with Crippen LogP contribution >= 0.6 is 0 Å². The molecule has 1 unspecified atom stereocenters. The highest BCUT2D eigenvalue weighted by molar-refractivity contribution is 5.76. The van der Waals surface area contributed by atoms with E-state index in [1.807, 2.05) is 24.4 Å². The zero-order valence-corrected chi connectivity index (χ0v) is 11.7. The zero-order valence-electron chi connectivity index (χ0n) is 11.7. The minimum absolute atomic E-state index is 0.0113. The Morgan fingerprint density at radius 3 is 3.14 bits per heavy atom. The molecule has 6 nitrogen and oxygen atoms in total. The second-order valence-corrected chi connectivity index (χ2v) is 5.05. The molecule has 21 heavy (non-hydrogen) atoms. The number of ether oxygens (including phenoxy) is 1. The number of aromatic nitrogens is 3. The van der Waals surface area contributed by atoms with Gasteiger partial charge in [0, 0.05) is 37.3 Å². The van der Waals surface area contributed by atoms with Crippen LogP contribution in [-0.2, 0) is 16.1 Å². The first-order chi connectivity index (χ1) is 10.3. The fraction of sp³-hybridized carbons (Fsp3) is 0.400. The van der Waals surface area contributed by atoms with Gasteiger partial charge in [0.2, 0.25) is 5.91 Å². The Bertz CT molecular complexity index is 591. The predicted octanol–water partition coefficient (Wildman–Crippen LogP) is 1.45. The van der Waals surface area contributed by atoms with E-state index in [1.165, 1.54) is 0 Å². The molecule has 3 rings (SSSR count). The summed E-state index contributed by atoms with van der Waals surface area (Å²) in [7, 11) is 0. The van der Waals surface area contributed by atoms with Crippen LogP contribution in [0.15, 0.2) is 36.8 Å². The normalized spacial score (nSPS) is 17.8. The van der Waals surface area contributed by atoms with E-state index in [-0.39, 0.29) is 12.0 Å². The number of hydrogen-bond donors (Lipinski definition) is 1. The lowest BCUT2D eigenvalue weighted by Gasteiger charge is -2.11. The number of carbonyl (C=O) groups excluding carboxylic acids is 1. The second-order valence-electron chi connectivity index (χ2n) is 5.05. The van der Waals surface area contributed by atoms with Crippen molar-refractivity contribution in [2.24, 2.45) is 0 Å². The van der Waals surface area contributed by atoms with Crippen molar-refractivity contribution in [1.29, 1.82) is 0 Å². The van der Waals surface area contributed by atoms with E-state index in [0.29, 0.717) is 13.0 Å². The number of carbonyl (C=O) groups is 1. The van der Waals surface area contributed by atoms with Gasteiger partial charge >= 0.3 is 0 Å². The molecule has 1 fully saturated rings. The van der Waals surface area contributed by atoms with Gasteiger partial charge in [-0.25, -0.2) is 9.67 Å². The lowest BCUT2D eigenvalue weighted by Crippen LogP contribution is -2.27. The average molecular weight is 286 g/mol. The largest absolute Gasteiger partial charge is 0.378 e. The Morgan fingerprint density at radius 1 is 1.43 bits per heavy atom. The number of rotatable bonds is 5. The van der Waals surface area contributed by atoms with Gasteiger partial charge in [-0.1, -0.05) is 6.07 Å². The molecule has 0 spiro atoms. The van der Waals surface area contributed by atoms with E-state index in [2.05, 4.69) is 15.4 Å². The van der Waals surface area contributed by atoms with Crippen molar-refractivity contribution in [2.75, 3.05) is 6.61 Å². The number of nitrogens with zero attached hydrogens (tertiary/aromatic N) is 3. The summed E-state index contributed by atoms with van der Waals surface area (Å²) in [4.78, 5) is 16.3. The van der Waals surface area contributed by atoms with Gasteiger partial charge in [0.05, 0.1) is 12.5 Å². The summed E-state index contributed by atoms with van der Waals surface area (Å²) in [6.07, 6.45) is 7.77. The van der Waals surface area contributed by atoms with Crippen molar-refractivity contribution in [3.05, 3.63) is 42.4 Å². The van der Waals surface area contributed by atoms with E-state index >= 15 is 0 Å². The number of hydrogen-bond acceptors (Lipinski definition) is 4. The fourth-order valence-electron chi connectivity index (χ4n) is 2.45. The summed E-state index contributed by atoms with van der Waals surface area (Å²) < 4.78 is 7.17. The lowest BCUT2D eigenvalue weighted by atomic mass is 10.1. The van der Waals surface area contributed by atoms with Crippen LogP contribution in [0.1, 0.15) is 24.8 Å². The maximum atomic E-state index is 11.9. The van der Waals surface area contributed by atoms with E-state index in [9.17, 15) is 4.79 Å². The van der Waals surface area contributed by atoms with Gasteiger partial charge in [-0.3, -0.25) is 4.79 Å². The molecule has 2 aromatic rings. The summed E-state index contributed by atoms with van der Waals surface area (Å²) in [6.45, 7) is 1.21. The first-order valence-corrected chi connectivity index (χ1v) is 7.15. The van der Waals surface area contributed by atoms with Gasteiger partial charge in [-0.15, -0.1) is 0 Å². The Balaban J connectivity index is 1.61. The smallest absolute Gasteiger partial charge is 0.222 e. The summed E-state index contributed by atoms with van der Waals surface area (Å²) in [5, 5.41) is 7.11. The van der Waals surface area contributed by atoms with Crippen LogP contribution in [0.5, 0.6) is 0 Å². The molecule has 0 aromatic carbocycles. The topological polar surface area (TPSA) is 69.0 Å². The van der Waals surface area contributed by atoms with Gasteiger partial charge in [-0.2, -0.15) is 5.10 Å². The molecule has 1 aliphatic heterocycles. The van der Waals surface area contributed by atoms with Crippen molar-refractivity contribution >= 4 is 5.91 Å². The molecule has 1 aliphatic rings. The number of nitrogens with one attached hydrogen (secondary N) is 1. The molecule has 0 aliphatic carbocycles. The van der Waals surface area contributed by atoms with Crippen LogP contribution in [-0.4, -0.2) is 33.4 Å². The van der Waals surface area contributed by atoms with E-state index < -0.39 is 0 Å². The third-order valence-electron chi connectivity index (χ3n) is 3.50. The van der Waals surface area contributed by atoms with E-state index in [1.54, 1.807) is 17.1 Å². The first kappa shape index (κ1) is 13.8. The van der Waals surface area contributed by atoms with Crippen molar-refractivity contribution in [3.63, 3.8) is 0 Å². The maximum absolute atomic E-state index is 11.9. The molecule has 1 N–H and O–H groups in total. The molecular formula is C15H18N4O2. The first-order valence-electron chi connectivity index (χ1n) is 7.15. The molecule has 110 valence electrons. The molecular weight excluding hydrogens is 268 g/mol. The Labute approximate surface area is 123 Å². The maximum Gasteiger partial charge on any atom is 0.222 e. The molecule has 3 heterocycles. The van der Waals surface area contributed by atoms with E-state index in [4.69, 9.17) is 4.74 Å². The van der Waals surface area contributed by atoms with Crippen LogP contribution in [0.2, 0.25) is 0 Å². The molecule has 1 saturated heterocycles. The zero-order chi connectivity index (χ0) is 14.5. The highest BCUT2D eigenvalue weighted by atomic mass is 16.5. The SMILES string of the molecule is O=C(CC1CCCO1)NCc1cccnc1-n1cccn1. The Morgan fingerprint density at radius 2 is 2.38 bits per heavy atom. The van der Waals surface area contributed by atoms with Crippen molar-refractivity contribution < 1.29 is 9.53 Å². The predicted molar refractivity (Wildman–Crippen MR) is 76.8 cm³/mol. The standard InChI is InChI=1S/C15H18N4O2/c20-14(10-13-5-2-9-21-13)17-11-12-4-1-6-16-15(12)19-8-3-7-18-19/h1,3-4,6-8,13H,2,5,9-11H2,(H,17,20). The fourth-order valence-corrected chi connectivity index (χ4v) is 2.45. The summed E-state index contributed by atoms with van der Waals surface area (Å²) in [6, 6.07) is 5.64. The highest BCUT2D eigenvalue weighted by Crippen LogP contribution is 2.15. The number of amides is 1. The molecule has 6 heteroatoms. The van der Waals surface area contributed by atoms with Crippen LogP contribution in [0.4, 0.5) is 0 Å². The van der Waals surface area contributed by atoms with Gasteiger partial charge < -0.3 is 10.1 Å². The Kier molecular flexibility index (Phi) is 4.25. The quantitative estimate of drug-likeness (QED) is 0.903. The van der Waals surface area contributed by atoms with Crippen LogP contribution in [0.3, 0.4) is 0 Å². The highest BCUT2D eigenvalue weighted by Gasteiger charge is 2.19. The lowest BCUT2D eigenvalue weighted by molar-refractivity contribution is -0.123. The third kappa shape index (κ3) is 3.46. The van der Waals surface area contributed by atoms with Crippen LogP contribution < -0.4 is 5.32 Å². The monoisotopic (exact) mass is 286 g/mol. The third-order valence-corrected chi connectivity index (χ3v) is 3.50. The van der Waals surface area contributed by atoms with Gasteiger partial charge in [0.1, 0.15) is 0 Å². The van der Waals surface area contributed by atoms with E-state index in [0.717, 1.165) is 30.8 Å². The van der Waals surface area contributed by atoms with Crippen molar-refractivity contribution in [2.45, 2.75) is 31.9 Å². The summed E-state index contributed by atoms with van der Waals surface area (Å²) in [5.41, 5.74) is 0.932. The number of pyridine rings is 1. The molecule has 0 radical (unpaired) electrons. The summed E-state index contributed by atoms with van der Waals surface area (Å²) >= 11 is 0. The van der Waals surface area contributed by atoms with Gasteiger partial charge in [0.15, 0.2) is 5.82 Å². The Hall–Kier alpha value is -2.21. The molecule has 2 aromatic heterocycles. The minimum atomic E-state index is 0.0113. The van der Waals surface area contributed by atoms with Crippen molar-refractivity contribution in [1.82, 2.24) is 20.1 Å². The molecule has 1 atom stereocenters. The molecule has 0 saturated carbocycles. The second kappa shape index (κ2) is 6.49. The molecule has 1 amide bonds. The van der Waals surface area contributed by atoms with Gasteiger partial charge in [-0.05, 0) is 25.0 Å². The van der Waals surface area contributed by atoms with Crippen LogP contribution in [0, 0.1) is 0 Å². The van der Waals surface area contributed by atoms with Gasteiger partial charge in [0.25, 0.3) is 0 Å². The average Bonchev–Trinajstić information content (AvgIpc) is 3.18. The summed E-state index contributed by atoms with van der Waals surface area (Å²) in [5.74, 6) is 0.747. The van der Waals surface area contributed by atoms with Crippen LogP contribution in [0.25, 0.3) is 5.82 Å². The van der Waals surface area contributed by atoms with Crippen molar-refractivity contribution in [3.8, 4) is 5.82 Å². The minimum Gasteiger partial charge on any atom is -0.378 e.